The van der Waals surface area contributed by atoms with Crippen LogP contribution in [0.3, 0.4) is 0 Å². The zero-order valence-electron chi connectivity index (χ0n) is 13.4. The second-order valence-corrected chi connectivity index (χ2v) is 7.34. The molecule has 0 bridgehead atoms. The van der Waals surface area contributed by atoms with E-state index >= 15 is 0 Å². The summed E-state index contributed by atoms with van der Waals surface area (Å²) < 4.78 is 10.7. The Morgan fingerprint density at radius 1 is 1.32 bits per heavy atom. The van der Waals surface area contributed by atoms with E-state index < -0.39 is 5.41 Å². The number of hydrogen-bond donors (Lipinski definition) is 0. The molecule has 1 saturated heterocycles. The molecule has 22 heavy (non-hydrogen) atoms. The molecular formula is C16H22ClNO3S. The molecule has 1 fully saturated rings. The molecule has 0 aliphatic carbocycles. The third-order valence-corrected chi connectivity index (χ3v) is 5.65. The van der Waals surface area contributed by atoms with Gasteiger partial charge in [0.1, 0.15) is 16.9 Å². The van der Waals surface area contributed by atoms with Crippen LogP contribution in [0.2, 0.25) is 0 Å². The summed E-state index contributed by atoms with van der Waals surface area (Å²) in [6, 6.07) is 5.75. The van der Waals surface area contributed by atoms with Gasteiger partial charge in [-0.1, -0.05) is 0 Å². The molecule has 1 atom stereocenters. The van der Waals surface area contributed by atoms with Crippen molar-refractivity contribution >= 4 is 29.3 Å². The number of rotatable bonds is 5. The Labute approximate surface area is 141 Å². The summed E-state index contributed by atoms with van der Waals surface area (Å²) in [6.45, 7) is 4.50. The number of amides is 1. The molecule has 1 heterocycles. The number of thioether (sulfide) groups is 1. The highest BCUT2D eigenvalue weighted by molar-refractivity contribution is 7.99. The molecule has 0 N–H and O–H groups in total. The van der Waals surface area contributed by atoms with Gasteiger partial charge in [-0.25, -0.2) is 0 Å². The molecule has 6 heteroatoms. The van der Waals surface area contributed by atoms with Gasteiger partial charge in [0.15, 0.2) is 0 Å². The zero-order valence-corrected chi connectivity index (χ0v) is 15.0. The molecule has 122 valence electrons. The summed E-state index contributed by atoms with van der Waals surface area (Å²) in [6.07, 6.45) is 0. The monoisotopic (exact) mass is 343 g/mol. The van der Waals surface area contributed by atoms with Crippen molar-refractivity contribution in [2.75, 3.05) is 32.4 Å². The highest BCUT2D eigenvalue weighted by atomic mass is 35.5. The van der Waals surface area contributed by atoms with Crippen LogP contribution in [-0.2, 0) is 4.79 Å². The van der Waals surface area contributed by atoms with E-state index in [-0.39, 0.29) is 11.3 Å². The number of benzene rings is 1. The lowest BCUT2D eigenvalue weighted by Crippen LogP contribution is -2.41. The van der Waals surface area contributed by atoms with Gasteiger partial charge < -0.3 is 14.4 Å². The smallest absolute Gasteiger partial charge is 0.230 e. The fraction of sp³-hybridized carbons (Fsp3) is 0.562. The number of carbonyl (C=O) groups is 1. The van der Waals surface area contributed by atoms with Gasteiger partial charge >= 0.3 is 0 Å². The fourth-order valence-electron chi connectivity index (χ4n) is 2.37. The Hall–Kier alpha value is -1.07. The molecule has 1 aromatic carbocycles. The Morgan fingerprint density at radius 3 is 2.41 bits per heavy atom. The minimum Gasteiger partial charge on any atom is -0.497 e. The van der Waals surface area contributed by atoms with E-state index in [9.17, 15) is 4.79 Å². The van der Waals surface area contributed by atoms with Gasteiger partial charge in [-0.15, -0.1) is 23.4 Å². The Balaban J connectivity index is 2.33. The molecule has 0 spiro atoms. The van der Waals surface area contributed by atoms with E-state index in [1.807, 2.05) is 36.9 Å². The normalized spacial score (nSPS) is 18.4. The van der Waals surface area contributed by atoms with Crippen molar-refractivity contribution in [1.82, 2.24) is 4.90 Å². The third-order valence-electron chi connectivity index (χ3n) is 3.72. The van der Waals surface area contributed by atoms with Gasteiger partial charge in [-0.2, -0.15) is 0 Å². The van der Waals surface area contributed by atoms with Crippen molar-refractivity contribution in [2.24, 2.45) is 5.41 Å². The van der Waals surface area contributed by atoms with E-state index in [4.69, 9.17) is 21.1 Å². The highest BCUT2D eigenvalue weighted by Gasteiger charge is 2.38. The lowest BCUT2D eigenvalue weighted by atomic mass is 9.94. The zero-order chi connectivity index (χ0) is 16.3. The highest BCUT2D eigenvalue weighted by Crippen LogP contribution is 2.42. The van der Waals surface area contributed by atoms with Crippen LogP contribution in [0.1, 0.15) is 24.8 Å². The summed E-state index contributed by atoms with van der Waals surface area (Å²) in [7, 11) is 3.25. The van der Waals surface area contributed by atoms with Crippen molar-refractivity contribution in [3.8, 4) is 11.5 Å². The predicted molar refractivity (Wildman–Crippen MR) is 91.0 cm³/mol. The molecule has 1 aliphatic rings. The minimum atomic E-state index is -0.562. The van der Waals surface area contributed by atoms with Crippen LogP contribution in [0.15, 0.2) is 18.2 Å². The maximum atomic E-state index is 12.8. The number of alkyl halides is 1. The molecule has 1 unspecified atom stereocenters. The van der Waals surface area contributed by atoms with Crippen LogP contribution in [0.5, 0.6) is 11.5 Å². The standard InChI is InChI=1S/C16H22ClNO3S/c1-16(2,10-17)15(19)18-5-6-22-14(18)11-7-12(20-3)9-13(8-11)21-4/h7-9,14H,5-6,10H2,1-4H3. The quantitative estimate of drug-likeness (QED) is 0.766. The lowest BCUT2D eigenvalue weighted by Gasteiger charge is -2.31. The topological polar surface area (TPSA) is 38.8 Å². The van der Waals surface area contributed by atoms with E-state index in [0.717, 1.165) is 29.4 Å². The minimum absolute atomic E-state index is 0.0287. The number of carbonyl (C=O) groups excluding carboxylic acids is 1. The summed E-state index contributed by atoms with van der Waals surface area (Å²) >= 11 is 7.71. The number of hydrogen-bond acceptors (Lipinski definition) is 4. The van der Waals surface area contributed by atoms with Crippen LogP contribution in [0.4, 0.5) is 0 Å². The number of halogens is 1. The van der Waals surface area contributed by atoms with Crippen molar-refractivity contribution in [3.05, 3.63) is 23.8 Å². The molecule has 1 aromatic rings. The maximum absolute atomic E-state index is 12.8. The number of nitrogens with zero attached hydrogens (tertiary/aromatic N) is 1. The maximum Gasteiger partial charge on any atom is 0.230 e. The largest absolute Gasteiger partial charge is 0.497 e. The summed E-state index contributed by atoms with van der Waals surface area (Å²) in [5, 5.41) is -0.0287. The van der Waals surface area contributed by atoms with E-state index in [0.29, 0.717) is 5.88 Å². The van der Waals surface area contributed by atoms with Gasteiger partial charge in [0, 0.05) is 24.2 Å². The van der Waals surface area contributed by atoms with Crippen molar-refractivity contribution in [3.63, 3.8) is 0 Å². The molecule has 1 amide bonds. The Morgan fingerprint density at radius 2 is 1.91 bits per heavy atom. The number of ether oxygens (including phenoxy) is 2. The first-order valence-electron chi connectivity index (χ1n) is 7.14. The summed E-state index contributed by atoms with van der Waals surface area (Å²) in [4.78, 5) is 14.7. The van der Waals surface area contributed by atoms with Crippen LogP contribution >= 0.6 is 23.4 Å². The third kappa shape index (κ3) is 3.46. The van der Waals surface area contributed by atoms with Gasteiger partial charge in [-0.3, -0.25) is 4.79 Å². The molecule has 0 radical (unpaired) electrons. The SMILES string of the molecule is COc1cc(OC)cc(C2SCCN2C(=O)C(C)(C)CCl)c1. The van der Waals surface area contributed by atoms with Gasteiger partial charge in [0.25, 0.3) is 0 Å². The van der Waals surface area contributed by atoms with Crippen LogP contribution < -0.4 is 9.47 Å². The van der Waals surface area contributed by atoms with E-state index in [1.165, 1.54) is 0 Å². The first kappa shape index (κ1) is 17.3. The average molecular weight is 344 g/mol. The van der Waals surface area contributed by atoms with Crippen LogP contribution in [-0.4, -0.2) is 43.2 Å². The van der Waals surface area contributed by atoms with Gasteiger partial charge in [0.05, 0.1) is 19.6 Å². The van der Waals surface area contributed by atoms with E-state index in [1.54, 1.807) is 26.0 Å². The predicted octanol–water partition coefficient (Wildman–Crippen LogP) is 3.54. The van der Waals surface area contributed by atoms with E-state index in [2.05, 4.69) is 0 Å². The first-order valence-corrected chi connectivity index (χ1v) is 8.73. The first-order chi connectivity index (χ1) is 10.4. The lowest BCUT2D eigenvalue weighted by molar-refractivity contribution is -0.139. The Bertz CT molecular complexity index is 528. The molecule has 0 aromatic heterocycles. The van der Waals surface area contributed by atoms with Crippen LogP contribution in [0.25, 0.3) is 0 Å². The molecule has 4 nitrogen and oxygen atoms in total. The molecule has 0 saturated carbocycles. The number of methoxy groups -OCH3 is 2. The summed E-state index contributed by atoms with van der Waals surface area (Å²) in [5.41, 5.74) is 0.450. The van der Waals surface area contributed by atoms with Crippen molar-refractivity contribution < 1.29 is 14.3 Å². The van der Waals surface area contributed by atoms with Gasteiger partial charge in [0.2, 0.25) is 5.91 Å². The Kier molecular flexibility index (Phi) is 5.50. The van der Waals surface area contributed by atoms with Crippen LogP contribution in [0, 0.1) is 5.41 Å². The van der Waals surface area contributed by atoms with Crippen molar-refractivity contribution in [2.45, 2.75) is 19.2 Å². The molecular weight excluding hydrogens is 322 g/mol. The second kappa shape index (κ2) is 7.01. The molecule has 2 rings (SSSR count). The average Bonchev–Trinajstić information content (AvgIpc) is 3.02. The summed E-state index contributed by atoms with van der Waals surface area (Å²) in [5.74, 6) is 2.76. The molecule has 1 aliphatic heterocycles. The second-order valence-electron chi connectivity index (χ2n) is 5.89. The van der Waals surface area contributed by atoms with Crippen molar-refractivity contribution in [1.29, 1.82) is 0 Å². The fourth-order valence-corrected chi connectivity index (χ4v) is 3.72. The van der Waals surface area contributed by atoms with Gasteiger partial charge in [-0.05, 0) is 31.5 Å².